The third-order valence-corrected chi connectivity index (χ3v) is 3.33. The van der Waals surface area contributed by atoms with Crippen molar-refractivity contribution in [3.05, 3.63) is 58.1 Å². The van der Waals surface area contributed by atoms with Crippen molar-refractivity contribution in [2.75, 3.05) is 0 Å². The van der Waals surface area contributed by atoms with Crippen LogP contribution in [-0.2, 0) is 6.18 Å². The maximum Gasteiger partial charge on any atom is 0.419 e. The number of benzene rings is 2. The van der Waals surface area contributed by atoms with Gasteiger partial charge in [-0.2, -0.15) is 13.2 Å². The molecule has 0 heterocycles. The van der Waals surface area contributed by atoms with Crippen LogP contribution in [0.2, 0.25) is 0 Å². The van der Waals surface area contributed by atoms with Crippen LogP contribution in [0.5, 0.6) is 11.5 Å². The Kier molecular flexibility index (Phi) is 4.58. The van der Waals surface area contributed by atoms with E-state index < -0.39 is 17.8 Å². The van der Waals surface area contributed by atoms with Crippen molar-refractivity contribution in [1.29, 1.82) is 0 Å². The van der Waals surface area contributed by atoms with E-state index >= 15 is 0 Å². The molecule has 0 saturated carbocycles. The summed E-state index contributed by atoms with van der Waals surface area (Å²) >= 11 is 3.25. The molecule has 0 bridgehead atoms. The molecule has 0 aromatic heterocycles. The topological polar surface area (TPSA) is 29.5 Å². The molecule has 0 radical (unpaired) electrons. The molecule has 2 aromatic carbocycles. The van der Waals surface area contributed by atoms with Gasteiger partial charge in [-0.15, -0.1) is 0 Å². The van der Waals surface area contributed by atoms with Gasteiger partial charge in [-0.1, -0.05) is 28.1 Å². The minimum absolute atomic E-state index is 0.185. The van der Waals surface area contributed by atoms with Gasteiger partial charge in [0.15, 0.2) is 0 Å². The highest BCUT2D eigenvalue weighted by Gasteiger charge is 2.34. The van der Waals surface area contributed by atoms with Crippen molar-refractivity contribution in [1.82, 2.24) is 0 Å². The van der Waals surface area contributed by atoms with Gasteiger partial charge in [0.05, 0.1) is 11.7 Å². The molecule has 1 atom stereocenters. The fourth-order valence-electron chi connectivity index (χ4n) is 1.85. The zero-order valence-corrected chi connectivity index (χ0v) is 12.6. The van der Waals surface area contributed by atoms with Gasteiger partial charge in [0, 0.05) is 10.0 Å². The number of hydrogen-bond acceptors (Lipinski definition) is 2. The zero-order chi connectivity index (χ0) is 15.6. The number of halogens is 4. The lowest BCUT2D eigenvalue weighted by Gasteiger charge is -2.17. The molecule has 0 saturated heterocycles. The third-order valence-electron chi connectivity index (χ3n) is 2.83. The molecule has 2 nitrogen and oxygen atoms in total. The summed E-state index contributed by atoms with van der Waals surface area (Å²) in [4.78, 5) is 0. The van der Waals surface area contributed by atoms with Crippen LogP contribution >= 0.6 is 15.9 Å². The van der Waals surface area contributed by atoms with E-state index in [1.165, 1.54) is 31.2 Å². The van der Waals surface area contributed by atoms with E-state index in [9.17, 15) is 18.3 Å². The van der Waals surface area contributed by atoms with Gasteiger partial charge in [-0.25, -0.2) is 0 Å². The van der Waals surface area contributed by atoms with Gasteiger partial charge >= 0.3 is 6.18 Å². The van der Waals surface area contributed by atoms with E-state index in [0.29, 0.717) is 10.0 Å². The third kappa shape index (κ3) is 3.77. The number of rotatable bonds is 3. The van der Waals surface area contributed by atoms with Crippen molar-refractivity contribution in [2.24, 2.45) is 0 Å². The average molecular weight is 361 g/mol. The van der Waals surface area contributed by atoms with Crippen molar-refractivity contribution in [3.8, 4) is 11.5 Å². The summed E-state index contributed by atoms with van der Waals surface area (Å²) in [6, 6.07) is 9.72. The molecule has 0 fully saturated rings. The normalized spacial score (nSPS) is 13.0. The molecule has 2 rings (SSSR count). The summed E-state index contributed by atoms with van der Waals surface area (Å²) in [6.45, 7) is 1.52. The highest BCUT2D eigenvalue weighted by atomic mass is 79.9. The number of ether oxygens (including phenoxy) is 1. The predicted molar refractivity (Wildman–Crippen MR) is 76.3 cm³/mol. The Hall–Kier alpha value is -1.53. The second-order valence-corrected chi connectivity index (χ2v) is 5.37. The Morgan fingerprint density at radius 3 is 2.38 bits per heavy atom. The summed E-state index contributed by atoms with van der Waals surface area (Å²) in [5.74, 6) is -0.112. The van der Waals surface area contributed by atoms with Gasteiger partial charge in [0.2, 0.25) is 0 Å². The van der Waals surface area contributed by atoms with Crippen LogP contribution in [0.25, 0.3) is 0 Å². The molecule has 0 aliphatic carbocycles. The first-order valence-electron chi connectivity index (χ1n) is 6.10. The number of para-hydroxylation sites is 1. The fourth-order valence-corrected chi connectivity index (χ4v) is 2.23. The molecule has 112 valence electrons. The van der Waals surface area contributed by atoms with Crippen LogP contribution in [-0.4, -0.2) is 5.11 Å². The minimum atomic E-state index is -4.50. The second-order valence-electron chi connectivity index (χ2n) is 4.45. The lowest BCUT2D eigenvalue weighted by Crippen LogP contribution is -2.07. The summed E-state index contributed by atoms with van der Waals surface area (Å²) in [5, 5.41) is 9.71. The van der Waals surface area contributed by atoms with E-state index in [2.05, 4.69) is 15.9 Å². The van der Waals surface area contributed by atoms with Gasteiger partial charge in [0.1, 0.15) is 11.5 Å². The summed E-state index contributed by atoms with van der Waals surface area (Å²) in [7, 11) is 0. The van der Waals surface area contributed by atoms with E-state index in [-0.39, 0.29) is 11.5 Å². The monoisotopic (exact) mass is 360 g/mol. The predicted octanol–water partition coefficient (Wildman–Crippen LogP) is 5.31. The zero-order valence-electron chi connectivity index (χ0n) is 11.0. The number of hydrogen-bond donors (Lipinski definition) is 1. The molecular formula is C15H12BrF3O2. The molecular weight excluding hydrogens is 349 g/mol. The molecule has 1 unspecified atom stereocenters. The highest BCUT2D eigenvalue weighted by molar-refractivity contribution is 9.10. The Morgan fingerprint density at radius 1 is 1.10 bits per heavy atom. The summed E-state index contributed by atoms with van der Waals surface area (Å²) in [6.07, 6.45) is -5.37. The minimum Gasteiger partial charge on any atom is -0.456 e. The first kappa shape index (κ1) is 15.9. The maximum absolute atomic E-state index is 12.9. The molecule has 6 heteroatoms. The first-order chi connectivity index (χ1) is 9.79. The molecule has 21 heavy (non-hydrogen) atoms. The standard InChI is InChI=1S/C15H12BrF3O2/c1-9(20)11-8-10(16)6-7-13(11)21-14-5-3-2-4-12(14)15(17,18)19/h2-9,20H,1H3. The molecule has 0 spiro atoms. The van der Waals surface area contributed by atoms with Crippen LogP contribution in [0.15, 0.2) is 46.9 Å². The molecule has 0 aliphatic rings. The van der Waals surface area contributed by atoms with Crippen LogP contribution in [0, 0.1) is 0 Å². The molecule has 0 amide bonds. The van der Waals surface area contributed by atoms with Gasteiger partial charge in [-0.3, -0.25) is 0 Å². The van der Waals surface area contributed by atoms with Crippen molar-refractivity contribution < 1.29 is 23.0 Å². The molecule has 2 aromatic rings. The average Bonchev–Trinajstić information content (AvgIpc) is 2.40. The second kappa shape index (κ2) is 6.07. The van der Waals surface area contributed by atoms with Crippen molar-refractivity contribution in [2.45, 2.75) is 19.2 Å². The first-order valence-corrected chi connectivity index (χ1v) is 6.90. The molecule has 1 N–H and O–H groups in total. The lowest BCUT2D eigenvalue weighted by atomic mass is 10.1. The fraction of sp³-hybridized carbons (Fsp3) is 0.200. The van der Waals surface area contributed by atoms with Gasteiger partial charge in [-0.05, 0) is 37.3 Å². The Balaban J connectivity index is 2.44. The Morgan fingerprint density at radius 2 is 1.76 bits per heavy atom. The number of aliphatic hydroxyl groups excluding tert-OH is 1. The van der Waals surface area contributed by atoms with Gasteiger partial charge < -0.3 is 9.84 Å². The SMILES string of the molecule is CC(O)c1cc(Br)ccc1Oc1ccccc1C(F)(F)F. The smallest absolute Gasteiger partial charge is 0.419 e. The Labute approximate surface area is 128 Å². The van der Waals surface area contributed by atoms with Crippen LogP contribution < -0.4 is 4.74 Å². The lowest BCUT2D eigenvalue weighted by molar-refractivity contribution is -0.138. The number of aliphatic hydroxyl groups is 1. The highest BCUT2D eigenvalue weighted by Crippen LogP contribution is 2.39. The van der Waals surface area contributed by atoms with E-state index in [0.717, 1.165) is 6.07 Å². The summed E-state index contributed by atoms with van der Waals surface area (Å²) < 4.78 is 44.9. The van der Waals surface area contributed by atoms with Crippen LogP contribution in [0.4, 0.5) is 13.2 Å². The van der Waals surface area contributed by atoms with Crippen molar-refractivity contribution in [3.63, 3.8) is 0 Å². The van der Waals surface area contributed by atoms with Gasteiger partial charge in [0.25, 0.3) is 0 Å². The Bertz CT molecular complexity index is 639. The quantitative estimate of drug-likeness (QED) is 0.803. The molecule has 0 aliphatic heterocycles. The van der Waals surface area contributed by atoms with Crippen LogP contribution in [0.1, 0.15) is 24.2 Å². The summed E-state index contributed by atoms with van der Waals surface area (Å²) in [5.41, 5.74) is -0.453. The van der Waals surface area contributed by atoms with Crippen LogP contribution in [0.3, 0.4) is 0 Å². The van der Waals surface area contributed by atoms with E-state index in [1.54, 1.807) is 12.1 Å². The van der Waals surface area contributed by atoms with E-state index in [1.807, 2.05) is 0 Å². The number of alkyl halides is 3. The largest absolute Gasteiger partial charge is 0.456 e. The maximum atomic E-state index is 12.9. The van der Waals surface area contributed by atoms with Crippen molar-refractivity contribution >= 4 is 15.9 Å². The van der Waals surface area contributed by atoms with E-state index in [4.69, 9.17) is 4.74 Å².